The lowest BCUT2D eigenvalue weighted by atomic mass is 10.1. The third-order valence-corrected chi connectivity index (χ3v) is 4.41. The van der Waals surface area contributed by atoms with Crippen molar-refractivity contribution in [3.8, 4) is 5.75 Å². The summed E-state index contributed by atoms with van der Waals surface area (Å²) in [6.45, 7) is 7.06. The molecule has 0 unspecified atom stereocenters. The van der Waals surface area contributed by atoms with E-state index in [1.54, 1.807) is 12.1 Å². The van der Waals surface area contributed by atoms with Gasteiger partial charge < -0.3 is 9.64 Å². The van der Waals surface area contributed by atoms with Crippen LogP contribution in [0, 0.1) is 10.1 Å². The van der Waals surface area contributed by atoms with E-state index in [1.165, 1.54) is 6.07 Å². The number of non-ortho nitro benzene ring substituents is 1. The number of nitro benzene ring substituents is 1. The first-order valence-electron chi connectivity index (χ1n) is 8.60. The summed E-state index contributed by atoms with van der Waals surface area (Å²) in [5.41, 5.74) is 2.28. The number of rotatable bonds is 6. The lowest BCUT2D eigenvalue weighted by Crippen LogP contribution is -2.46. The molecule has 2 aromatic rings. The van der Waals surface area contributed by atoms with Crippen LogP contribution in [-0.4, -0.2) is 42.6 Å². The Bertz CT molecular complexity index is 727. The van der Waals surface area contributed by atoms with Gasteiger partial charge in [0.25, 0.3) is 5.69 Å². The maximum absolute atomic E-state index is 10.9. The Kier molecular flexibility index (Phi) is 5.50. The van der Waals surface area contributed by atoms with Crippen LogP contribution in [0.25, 0.3) is 0 Å². The molecule has 0 N–H and O–H groups in total. The van der Waals surface area contributed by atoms with E-state index in [0.29, 0.717) is 6.61 Å². The molecule has 1 aliphatic heterocycles. The van der Waals surface area contributed by atoms with Crippen LogP contribution in [0.1, 0.15) is 12.5 Å². The number of hydrogen-bond acceptors (Lipinski definition) is 5. The van der Waals surface area contributed by atoms with E-state index in [9.17, 15) is 10.1 Å². The molecule has 25 heavy (non-hydrogen) atoms. The number of nitro groups is 1. The molecule has 0 saturated carbocycles. The summed E-state index contributed by atoms with van der Waals surface area (Å²) in [5.74, 6) is 0.928. The molecule has 0 amide bonds. The molecule has 0 bridgehead atoms. The van der Waals surface area contributed by atoms with Crippen LogP contribution < -0.4 is 9.64 Å². The first kappa shape index (κ1) is 17.2. The van der Waals surface area contributed by atoms with Gasteiger partial charge in [0.2, 0.25) is 0 Å². The molecule has 1 aliphatic rings. The van der Waals surface area contributed by atoms with Crippen molar-refractivity contribution in [3.63, 3.8) is 0 Å². The van der Waals surface area contributed by atoms with E-state index >= 15 is 0 Å². The minimum atomic E-state index is -0.341. The Hall–Kier alpha value is -2.60. The first-order valence-corrected chi connectivity index (χ1v) is 8.60. The first-order chi connectivity index (χ1) is 12.2. The van der Waals surface area contributed by atoms with Crippen LogP contribution >= 0.6 is 0 Å². The monoisotopic (exact) mass is 341 g/mol. The van der Waals surface area contributed by atoms with Gasteiger partial charge >= 0.3 is 0 Å². The third-order valence-electron chi connectivity index (χ3n) is 4.41. The highest BCUT2D eigenvalue weighted by molar-refractivity contribution is 5.58. The van der Waals surface area contributed by atoms with Gasteiger partial charge in [0.15, 0.2) is 0 Å². The minimum Gasteiger partial charge on any atom is -0.492 e. The quantitative estimate of drug-likeness (QED) is 0.596. The second-order valence-corrected chi connectivity index (χ2v) is 6.09. The molecular formula is C19H23N3O3. The zero-order chi connectivity index (χ0) is 17.6. The smallest absolute Gasteiger partial charge is 0.269 e. The van der Waals surface area contributed by atoms with Crippen LogP contribution in [0.5, 0.6) is 5.75 Å². The lowest BCUT2D eigenvalue weighted by Gasteiger charge is -2.36. The largest absolute Gasteiger partial charge is 0.492 e. The molecule has 1 heterocycles. The van der Waals surface area contributed by atoms with Crippen LogP contribution in [-0.2, 0) is 6.54 Å². The minimum absolute atomic E-state index is 0.154. The van der Waals surface area contributed by atoms with E-state index in [4.69, 9.17) is 4.74 Å². The summed E-state index contributed by atoms with van der Waals surface area (Å²) in [5, 5.41) is 10.9. The summed E-state index contributed by atoms with van der Waals surface area (Å²) in [4.78, 5) is 15.2. The zero-order valence-electron chi connectivity index (χ0n) is 14.4. The van der Waals surface area contributed by atoms with Crippen molar-refractivity contribution < 1.29 is 9.66 Å². The SMILES string of the molecule is CCOc1ccccc1N1CCN(Cc2cccc([N+](=O)[O-])c2)CC1. The van der Waals surface area contributed by atoms with Gasteiger partial charge in [-0.2, -0.15) is 0 Å². The van der Waals surface area contributed by atoms with Crippen molar-refractivity contribution in [1.82, 2.24) is 4.90 Å². The number of piperazine rings is 1. The van der Waals surface area contributed by atoms with Gasteiger partial charge in [0, 0.05) is 44.9 Å². The lowest BCUT2D eigenvalue weighted by molar-refractivity contribution is -0.384. The van der Waals surface area contributed by atoms with Crippen molar-refractivity contribution in [1.29, 1.82) is 0 Å². The molecular weight excluding hydrogens is 318 g/mol. The molecule has 6 nitrogen and oxygen atoms in total. The van der Waals surface area contributed by atoms with Crippen LogP contribution in [0.4, 0.5) is 11.4 Å². The molecule has 132 valence electrons. The average molecular weight is 341 g/mol. The Balaban J connectivity index is 1.61. The molecule has 3 rings (SSSR count). The molecule has 2 aromatic carbocycles. The van der Waals surface area contributed by atoms with Gasteiger partial charge in [-0.1, -0.05) is 24.3 Å². The van der Waals surface area contributed by atoms with Crippen molar-refractivity contribution in [2.45, 2.75) is 13.5 Å². The molecule has 1 saturated heterocycles. The molecule has 1 fully saturated rings. The third kappa shape index (κ3) is 4.28. The average Bonchev–Trinajstić information content (AvgIpc) is 2.63. The van der Waals surface area contributed by atoms with Gasteiger partial charge in [0.1, 0.15) is 5.75 Å². The van der Waals surface area contributed by atoms with Crippen LogP contribution in [0.3, 0.4) is 0 Å². The fraction of sp³-hybridized carbons (Fsp3) is 0.368. The van der Waals surface area contributed by atoms with E-state index in [-0.39, 0.29) is 10.6 Å². The topological polar surface area (TPSA) is 58.8 Å². The van der Waals surface area contributed by atoms with E-state index in [0.717, 1.165) is 49.7 Å². The summed E-state index contributed by atoms with van der Waals surface area (Å²) >= 11 is 0. The number of anilines is 1. The van der Waals surface area contributed by atoms with E-state index in [2.05, 4.69) is 15.9 Å². The Morgan fingerprint density at radius 2 is 1.84 bits per heavy atom. The van der Waals surface area contributed by atoms with Gasteiger partial charge in [-0.05, 0) is 24.6 Å². The second-order valence-electron chi connectivity index (χ2n) is 6.09. The summed E-state index contributed by atoms with van der Waals surface area (Å²) < 4.78 is 5.73. The number of para-hydroxylation sites is 2. The fourth-order valence-corrected chi connectivity index (χ4v) is 3.17. The predicted octanol–water partition coefficient (Wildman–Crippen LogP) is 3.32. The van der Waals surface area contributed by atoms with Gasteiger partial charge in [-0.15, -0.1) is 0 Å². The Morgan fingerprint density at radius 1 is 1.08 bits per heavy atom. The molecule has 0 radical (unpaired) electrons. The molecule has 0 aromatic heterocycles. The standard InChI is InChI=1S/C19H23N3O3/c1-2-25-19-9-4-3-8-18(19)21-12-10-20(11-13-21)15-16-6-5-7-17(14-16)22(23)24/h3-9,14H,2,10-13,15H2,1H3. The highest BCUT2D eigenvalue weighted by Gasteiger charge is 2.20. The van der Waals surface area contributed by atoms with E-state index in [1.807, 2.05) is 31.2 Å². The van der Waals surface area contributed by atoms with Gasteiger partial charge in [-0.3, -0.25) is 15.0 Å². The molecule has 0 aliphatic carbocycles. The predicted molar refractivity (Wildman–Crippen MR) is 98.2 cm³/mol. The van der Waals surface area contributed by atoms with Gasteiger partial charge in [0.05, 0.1) is 17.2 Å². The molecule has 0 atom stereocenters. The van der Waals surface area contributed by atoms with Crippen molar-refractivity contribution in [2.75, 3.05) is 37.7 Å². The van der Waals surface area contributed by atoms with Crippen molar-refractivity contribution >= 4 is 11.4 Å². The zero-order valence-corrected chi connectivity index (χ0v) is 14.4. The van der Waals surface area contributed by atoms with Crippen LogP contribution in [0.15, 0.2) is 48.5 Å². The summed E-state index contributed by atoms with van der Waals surface area (Å²) in [6.07, 6.45) is 0. The number of nitrogens with zero attached hydrogens (tertiary/aromatic N) is 3. The van der Waals surface area contributed by atoms with E-state index < -0.39 is 0 Å². The second kappa shape index (κ2) is 7.98. The Morgan fingerprint density at radius 3 is 2.56 bits per heavy atom. The van der Waals surface area contributed by atoms with Gasteiger partial charge in [-0.25, -0.2) is 0 Å². The maximum atomic E-state index is 10.9. The normalized spacial score (nSPS) is 15.2. The number of hydrogen-bond donors (Lipinski definition) is 0. The van der Waals surface area contributed by atoms with Crippen molar-refractivity contribution in [2.24, 2.45) is 0 Å². The molecule has 6 heteroatoms. The molecule has 0 spiro atoms. The highest BCUT2D eigenvalue weighted by atomic mass is 16.6. The van der Waals surface area contributed by atoms with Crippen molar-refractivity contribution in [3.05, 3.63) is 64.2 Å². The Labute approximate surface area is 147 Å². The maximum Gasteiger partial charge on any atom is 0.269 e. The summed E-state index contributed by atoms with van der Waals surface area (Å²) in [7, 11) is 0. The van der Waals surface area contributed by atoms with Crippen LogP contribution in [0.2, 0.25) is 0 Å². The highest BCUT2D eigenvalue weighted by Crippen LogP contribution is 2.29. The number of ether oxygens (including phenoxy) is 1. The summed E-state index contributed by atoms with van der Waals surface area (Å²) in [6, 6.07) is 15.0. The number of benzene rings is 2. The fourth-order valence-electron chi connectivity index (χ4n) is 3.17.